The van der Waals surface area contributed by atoms with Gasteiger partial charge in [0.05, 0.1) is 0 Å². The molecule has 2 heterocycles. The van der Waals surface area contributed by atoms with Gasteiger partial charge in [0.2, 0.25) is 13.1 Å². The van der Waals surface area contributed by atoms with Crippen molar-refractivity contribution in [3.05, 3.63) is 255 Å². The average molecular weight is 994 g/mol. The molecule has 10 aromatic rings. The van der Waals surface area contributed by atoms with Gasteiger partial charge in [-0.3, -0.25) is 0 Å². The first kappa shape index (κ1) is 50.7. The molecule has 0 unspecified atom stereocenters. The van der Waals surface area contributed by atoms with Crippen molar-refractivity contribution in [2.24, 2.45) is 0 Å². The van der Waals surface area contributed by atoms with Gasteiger partial charge in [0.15, 0.2) is 24.8 Å². The molecule has 0 saturated carbocycles. The van der Waals surface area contributed by atoms with Crippen LogP contribution < -0.4 is 46.4 Å². The van der Waals surface area contributed by atoms with Gasteiger partial charge in [0, 0.05) is 24.3 Å². The molecule has 0 aliphatic rings. The topological polar surface area (TPSA) is 192 Å². The normalized spacial score (nSPS) is 11.2. The number of hydrogen-bond acceptors (Lipinski definition) is 8. The molecule has 0 fully saturated rings. The molecule has 72 heavy (non-hydrogen) atoms. The quantitative estimate of drug-likeness (QED) is 0.165. The molecule has 0 radical (unpaired) electrons. The van der Waals surface area contributed by atoms with Gasteiger partial charge < -0.3 is 0 Å². The molecule has 0 aliphatic carbocycles. The van der Waals surface area contributed by atoms with Crippen molar-refractivity contribution in [1.82, 2.24) is 0 Å². The van der Waals surface area contributed by atoms with E-state index in [-0.39, 0.29) is 0 Å². The molecule has 0 amide bonds. The minimum absolute atomic E-state index is 0.838. The van der Waals surface area contributed by atoms with E-state index in [0.717, 1.165) is 13.1 Å². The van der Waals surface area contributed by atoms with Crippen LogP contribution in [-0.2, 0) is 13.1 Å². The summed E-state index contributed by atoms with van der Waals surface area (Å²) in [6.07, 6.45) is 8.91. The Bertz CT molecular complexity index is 2930. The predicted molar refractivity (Wildman–Crippen MR) is 257 cm³/mol. The lowest BCUT2D eigenvalue weighted by molar-refractivity contribution is -2.00. The molecule has 10 nitrogen and oxygen atoms in total. The Kier molecular flexibility index (Phi) is 16.5. The third-order valence-electron chi connectivity index (χ3n) is 11.8. The molecule has 0 spiro atoms. The monoisotopic (exact) mass is 992 g/mol. The van der Waals surface area contributed by atoms with Crippen LogP contribution in [0, 0.1) is 20.5 Å². The van der Waals surface area contributed by atoms with Crippen LogP contribution in [0.15, 0.2) is 255 Å². The smallest absolute Gasteiger partial charge is 0.206 e. The van der Waals surface area contributed by atoms with Crippen molar-refractivity contribution in [2.45, 2.75) is 13.1 Å². The van der Waals surface area contributed by atoms with Crippen LogP contribution in [0.2, 0.25) is 0 Å². The summed E-state index contributed by atoms with van der Waals surface area (Å²) in [5.41, 5.74) is 19.4. The SMILES string of the molecule is [O-][Cl+3]([O-])([O-])[O-].[O-][Cl+3]([O-])([O-])[O-].c1ccc(-c2cc(-c3ccccc3)c(-c3cc[n+](CC[n+]4ccc(-c5c(-c6ccccc6)cc(-c6ccccc6)cc5-c5ccccc5)cc4)cc3)c(-c3ccccc3)c2)cc1. The molecule has 0 aliphatic heterocycles. The van der Waals surface area contributed by atoms with Crippen LogP contribution in [0.25, 0.3) is 89.0 Å². The molecule has 0 N–H and O–H groups in total. The van der Waals surface area contributed by atoms with Gasteiger partial charge in [-0.2, -0.15) is 9.13 Å². The molecule has 12 heteroatoms. The van der Waals surface area contributed by atoms with Crippen LogP contribution in [0.5, 0.6) is 0 Å². The molecule has 2 aromatic heterocycles. The Hall–Kier alpha value is -7.68. The van der Waals surface area contributed by atoms with Crippen molar-refractivity contribution >= 4 is 0 Å². The molecule has 358 valence electrons. The van der Waals surface area contributed by atoms with Crippen molar-refractivity contribution in [2.75, 3.05) is 0 Å². The Morgan fingerprint density at radius 3 is 0.639 bits per heavy atom. The third kappa shape index (κ3) is 14.0. The average Bonchev–Trinajstić information content (AvgIpc) is 3.40. The Morgan fingerprint density at radius 1 is 0.236 bits per heavy atom. The molecular weight excluding hydrogens is 948 g/mol. The van der Waals surface area contributed by atoms with Gasteiger partial charge in [0.1, 0.15) is 0 Å². The van der Waals surface area contributed by atoms with E-state index in [4.69, 9.17) is 37.3 Å². The van der Waals surface area contributed by atoms with Crippen molar-refractivity contribution < 1.29 is 66.9 Å². The Morgan fingerprint density at radius 2 is 0.431 bits per heavy atom. The lowest BCUT2D eigenvalue weighted by atomic mass is 9.85. The number of halogens is 2. The van der Waals surface area contributed by atoms with Crippen molar-refractivity contribution in [3.8, 4) is 89.0 Å². The number of pyridine rings is 2. The predicted octanol–water partition coefficient (Wildman–Crippen LogP) is 4.79. The third-order valence-corrected chi connectivity index (χ3v) is 11.8. The second kappa shape index (κ2) is 23.5. The molecule has 8 aromatic carbocycles. The minimum atomic E-state index is -4.94. The highest BCUT2D eigenvalue weighted by molar-refractivity contribution is 5.99. The van der Waals surface area contributed by atoms with Crippen LogP contribution in [0.1, 0.15) is 0 Å². The maximum Gasteiger partial charge on any atom is 0.206 e. The first-order chi connectivity index (χ1) is 34.7. The highest BCUT2D eigenvalue weighted by atomic mass is 35.7. The van der Waals surface area contributed by atoms with Crippen molar-refractivity contribution in [3.63, 3.8) is 0 Å². The molecule has 0 saturated heterocycles. The maximum atomic E-state index is 8.49. The van der Waals surface area contributed by atoms with Gasteiger partial charge in [0.25, 0.3) is 0 Å². The number of aryl methyl sites for hydroxylation is 2. The summed E-state index contributed by atoms with van der Waals surface area (Å²) in [6.45, 7) is 1.68. The van der Waals surface area contributed by atoms with Crippen LogP contribution >= 0.6 is 0 Å². The number of rotatable bonds is 11. The van der Waals surface area contributed by atoms with E-state index in [1.54, 1.807) is 0 Å². The van der Waals surface area contributed by atoms with Gasteiger partial charge in [-0.15, -0.1) is 20.5 Å². The number of hydrogen-bond donors (Lipinski definition) is 0. The summed E-state index contributed by atoms with van der Waals surface area (Å²) in [4.78, 5) is 0. The summed E-state index contributed by atoms with van der Waals surface area (Å²) in [5.74, 6) is 0. The number of nitrogens with zero attached hydrogens (tertiary/aromatic N) is 2. The molecule has 0 bridgehead atoms. The summed E-state index contributed by atoms with van der Waals surface area (Å²) in [7, 11) is -9.89. The highest BCUT2D eigenvalue weighted by Crippen LogP contribution is 2.44. The summed E-state index contributed by atoms with van der Waals surface area (Å²) < 4.78 is 72.5. The van der Waals surface area contributed by atoms with E-state index in [1.807, 2.05) is 0 Å². The van der Waals surface area contributed by atoms with E-state index in [2.05, 4.69) is 264 Å². The van der Waals surface area contributed by atoms with E-state index in [0.29, 0.717) is 0 Å². The van der Waals surface area contributed by atoms with E-state index >= 15 is 0 Å². The Balaban J connectivity index is 0.000000634. The fourth-order valence-electron chi connectivity index (χ4n) is 8.66. The van der Waals surface area contributed by atoms with Crippen LogP contribution in [0.3, 0.4) is 0 Å². The zero-order valence-corrected chi connectivity index (χ0v) is 40.1. The zero-order valence-electron chi connectivity index (χ0n) is 38.6. The number of aromatic nitrogens is 2. The molecular formula is C60H46Cl2N2O8. The number of benzene rings is 8. The second-order valence-corrected chi connectivity index (χ2v) is 18.0. The summed E-state index contributed by atoms with van der Waals surface area (Å²) in [6, 6.07) is 83.1. The maximum absolute atomic E-state index is 8.49. The molecule has 0 atom stereocenters. The lowest BCUT2D eigenvalue weighted by Crippen LogP contribution is -2.68. The van der Waals surface area contributed by atoms with Gasteiger partial charge in [-0.1, -0.05) is 182 Å². The van der Waals surface area contributed by atoms with Crippen molar-refractivity contribution in [1.29, 1.82) is 0 Å². The first-order valence-electron chi connectivity index (χ1n) is 22.7. The standard InChI is InChI=1S/C60H46N2.2ClHO4/c1-7-19-45(20-8-1)53-41-55(47-23-11-3-12-24-47)59(56(42-53)48-25-13-4-14-26-48)51-31-35-61(36-32-51)39-40-62-37-33-52(34-38-62)60-57(49-27-15-5-16-28-49)43-54(46-21-9-2-10-22-46)44-58(60)50-29-17-6-18-30-50;2*2-1(3,4)5/h1-38,41-44H,39-40H2;2*(H,2,3,4,5)/q+2;;/p-2. The fourth-order valence-corrected chi connectivity index (χ4v) is 8.66. The fraction of sp³-hybridized carbons (Fsp3) is 0.0333. The lowest BCUT2D eigenvalue weighted by Gasteiger charge is -2.19. The van der Waals surface area contributed by atoms with Crippen LogP contribution in [0.4, 0.5) is 0 Å². The van der Waals surface area contributed by atoms with Gasteiger partial charge >= 0.3 is 0 Å². The summed E-state index contributed by atoms with van der Waals surface area (Å²) >= 11 is 0. The Labute approximate surface area is 422 Å². The van der Waals surface area contributed by atoms with Gasteiger partial charge in [-0.25, -0.2) is 37.3 Å². The first-order valence-corrected chi connectivity index (χ1v) is 25.1. The summed E-state index contributed by atoms with van der Waals surface area (Å²) in [5, 5.41) is 0. The highest BCUT2D eigenvalue weighted by Gasteiger charge is 2.20. The largest absolute Gasteiger partial charge is 0.222 e. The second-order valence-electron chi connectivity index (χ2n) is 16.5. The van der Waals surface area contributed by atoms with E-state index in [1.165, 1.54) is 89.0 Å². The van der Waals surface area contributed by atoms with Crippen LogP contribution in [-0.4, -0.2) is 0 Å². The van der Waals surface area contributed by atoms with E-state index < -0.39 is 20.5 Å². The van der Waals surface area contributed by atoms with Gasteiger partial charge in [-0.05, 0) is 113 Å². The van der Waals surface area contributed by atoms with E-state index in [9.17, 15) is 0 Å². The minimum Gasteiger partial charge on any atom is -0.222 e. The molecule has 10 rings (SSSR count). The zero-order chi connectivity index (χ0) is 50.5.